The molecule has 116 valence electrons. The van der Waals surface area contributed by atoms with Crippen molar-refractivity contribution in [1.82, 2.24) is 4.90 Å². The molecule has 0 saturated heterocycles. The molecular weight excluding hydrogens is 294 g/mol. The minimum absolute atomic E-state index is 0.0255. The van der Waals surface area contributed by atoms with E-state index in [0.29, 0.717) is 16.7 Å². The second-order valence-corrected chi connectivity index (χ2v) is 5.30. The third-order valence-electron chi connectivity index (χ3n) is 3.77. The van der Waals surface area contributed by atoms with E-state index >= 15 is 0 Å². The second kappa shape index (κ2) is 6.14. The van der Waals surface area contributed by atoms with Gasteiger partial charge in [0, 0.05) is 12.7 Å². The lowest BCUT2D eigenvalue weighted by Gasteiger charge is -2.14. The van der Waals surface area contributed by atoms with E-state index in [1.54, 1.807) is 48.5 Å². The first-order chi connectivity index (χ1) is 11.1. The molecule has 23 heavy (non-hydrogen) atoms. The van der Waals surface area contributed by atoms with Crippen LogP contribution >= 0.6 is 0 Å². The number of hydrogen-bond donors (Lipinski definition) is 0. The highest BCUT2D eigenvalue weighted by Gasteiger charge is 2.34. The van der Waals surface area contributed by atoms with E-state index in [-0.39, 0.29) is 30.7 Å². The largest absolute Gasteiger partial charge is 0.377 e. The highest BCUT2D eigenvalue weighted by atomic mass is 16.5. The molecule has 1 heterocycles. The summed E-state index contributed by atoms with van der Waals surface area (Å²) in [5.41, 5.74) is 2.19. The molecule has 1 aliphatic rings. The lowest BCUT2D eigenvalue weighted by Crippen LogP contribution is -2.29. The van der Waals surface area contributed by atoms with Crippen molar-refractivity contribution in [3.8, 4) is 0 Å². The van der Waals surface area contributed by atoms with Crippen LogP contribution in [0.15, 0.2) is 48.5 Å². The first-order valence-corrected chi connectivity index (χ1v) is 7.18. The van der Waals surface area contributed by atoms with Gasteiger partial charge >= 0.3 is 0 Å². The van der Waals surface area contributed by atoms with E-state index in [1.807, 2.05) is 0 Å². The number of ether oxygens (including phenoxy) is 1. The van der Waals surface area contributed by atoms with Crippen LogP contribution in [0.5, 0.6) is 0 Å². The first-order valence-electron chi connectivity index (χ1n) is 7.18. The Morgan fingerprint density at radius 3 is 2.04 bits per heavy atom. The van der Waals surface area contributed by atoms with Gasteiger partial charge in [0.1, 0.15) is 6.61 Å². The average molecular weight is 309 g/mol. The molecule has 5 nitrogen and oxygen atoms in total. The Morgan fingerprint density at radius 1 is 0.957 bits per heavy atom. The van der Waals surface area contributed by atoms with Gasteiger partial charge in [-0.15, -0.1) is 0 Å². The number of nitrogens with zero attached hydrogens (tertiary/aromatic N) is 1. The van der Waals surface area contributed by atoms with Gasteiger partial charge in [-0.2, -0.15) is 0 Å². The standard InChI is InChI=1S/C18H15NO4/c1-23-11-16(20)13-8-6-12(7-9-13)10-19-17(21)14-4-2-3-5-15(14)18(19)22/h2-9H,10-11H2,1H3. The molecular formula is C18H15NO4. The normalized spacial score (nSPS) is 13.3. The Labute approximate surface area is 133 Å². The summed E-state index contributed by atoms with van der Waals surface area (Å²) in [4.78, 5) is 37.5. The smallest absolute Gasteiger partial charge is 0.261 e. The molecule has 2 aromatic rings. The van der Waals surface area contributed by atoms with Gasteiger partial charge in [0.25, 0.3) is 11.8 Å². The van der Waals surface area contributed by atoms with E-state index in [4.69, 9.17) is 4.74 Å². The number of benzene rings is 2. The molecule has 0 N–H and O–H groups in total. The molecule has 0 aromatic heterocycles. The second-order valence-electron chi connectivity index (χ2n) is 5.30. The van der Waals surface area contributed by atoms with Gasteiger partial charge in [-0.1, -0.05) is 36.4 Å². The highest BCUT2D eigenvalue weighted by Crippen LogP contribution is 2.24. The highest BCUT2D eigenvalue weighted by molar-refractivity contribution is 6.21. The molecule has 0 spiro atoms. The van der Waals surface area contributed by atoms with Crippen LogP contribution in [0.1, 0.15) is 36.6 Å². The molecule has 0 saturated carbocycles. The van der Waals surface area contributed by atoms with Gasteiger partial charge in [0.2, 0.25) is 0 Å². The van der Waals surface area contributed by atoms with E-state index in [0.717, 1.165) is 5.56 Å². The van der Waals surface area contributed by atoms with Crippen molar-refractivity contribution < 1.29 is 19.1 Å². The van der Waals surface area contributed by atoms with Gasteiger partial charge < -0.3 is 4.74 Å². The van der Waals surface area contributed by atoms with E-state index < -0.39 is 0 Å². The van der Waals surface area contributed by atoms with Crippen molar-refractivity contribution >= 4 is 17.6 Å². The zero-order valence-electron chi connectivity index (χ0n) is 12.6. The maximum Gasteiger partial charge on any atom is 0.261 e. The predicted octanol–water partition coefficient (Wildman–Crippen LogP) is 2.31. The summed E-state index contributed by atoms with van der Waals surface area (Å²) in [6.45, 7) is 0.211. The predicted molar refractivity (Wildman–Crippen MR) is 83.3 cm³/mol. The minimum Gasteiger partial charge on any atom is -0.377 e. The number of carbonyl (C=O) groups is 3. The van der Waals surface area contributed by atoms with Gasteiger partial charge in [0.15, 0.2) is 5.78 Å². The van der Waals surface area contributed by atoms with Crippen molar-refractivity contribution in [3.05, 3.63) is 70.8 Å². The molecule has 2 aromatic carbocycles. The zero-order valence-corrected chi connectivity index (χ0v) is 12.6. The Morgan fingerprint density at radius 2 is 1.52 bits per heavy atom. The molecule has 0 bridgehead atoms. The summed E-state index contributed by atoms with van der Waals surface area (Å²) in [7, 11) is 1.47. The van der Waals surface area contributed by atoms with Crippen LogP contribution in [0.3, 0.4) is 0 Å². The van der Waals surface area contributed by atoms with E-state index in [9.17, 15) is 14.4 Å². The zero-order chi connectivity index (χ0) is 16.4. The Balaban J connectivity index is 1.77. The van der Waals surface area contributed by atoms with Crippen molar-refractivity contribution in [2.45, 2.75) is 6.54 Å². The number of methoxy groups -OCH3 is 1. The fourth-order valence-corrected chi connectivity index (χ4v) is 2.58. The topological polar surface area (TPSA) is 63.7 Å². The Hall–Kier alpha value is -2.79. The quantitative estimate of drug-likeness (QED) is 0.628. The van der Waals surface area contributed by atoms with Crippen LogP contribution in [0.25, 0.3) is 0 Å². The average Bonchev–Trinajstić information content (AvgIpc) is 2.81. The monoisotopic (exact) mass is 309 g/mol. The molecule has 0 fully saturated rings. The summed E-state index contributed by atoms with van der Waals surface area (Å²) in [5.74, 6) is -0.685. The number of fused-ring (bicyclic) bond motifs is 1. The number of Topliss-reactive ketones (excluding diaryl/α,β-unsaturated/α-hetero) is 1. The third-order valence-corrected chi connectivity index (χ3v) is 3.77. The number of imide groups is 1. The summed E-state index contributed by atoms with van der Waals surface area (Å²) in [6, 6.07) is 13.6. The van der Waals surface area contributed by atoms with E-state index in [1.165, 1.54) is 12.0 Å². The van der Waals surface area contributed by atoms with Gasteiger partial charge in [-0.25, -0.2) is 0 Å². The number of rotatable bonds is 5. The van der Waals surface area contributed by atoms with Crippen LogP contribution in [0, 0.1) is 0 Å². The minimum atomic E-state index is -0.287. The lowest BCUT2D eigenvalue weighted by molar-refractivity contribution is 0.0641. The summed E-state index contributed by atoms with van der Waals surface area (Å²) in [5, 5.41) is 0. The first kappa shape index (κ1) is 15.1. The molecule has 0 unspecified atom stereocenters. The van der Waals surface area contributed by atoms with Gasteiger partial charge in [0.05, 0.1) is 17.7 Å². The Kier molecular flexibility index (Phi) is 4.04. The van der Waals surface area contributed by atoms with E-state index in [2.05, 4.69) is 0 Å². The van der Waals surface area contributed by atoms with Crippen molar-refractivity contribution in [2.75, 3.05) is 13.7 Å². The SMILES string of the molecule is COCC(=O)c1ccc(CN2C(=O)c3ccccc3C2=O)cc1. The van der Waals surface area contributed by atoms with Crippen LogP contribution in [-0.2, 0) is 11.3 Å². The van der Waals surface area contributed by atoms with Gasteiger partial charge in [-0.05, 0) is 17.7 Å². The molecule has 3 rings (SSSR count). The maximum absolute atomic E-state index is 12.3. The van der Waals surface area contributed by atoms with Gasteiger partial charge in [-0.3, -0.25) is 19.3 Å². The van der Waals surface area contributed by atoms with Crippen molar-refractivity contribution in [3.63, 3.8) is 0 Å². The fourth-order valence-electron chi connectivity index (χ4n) is 2.58. The maximum atomic E-state index is 12.3. The van der Waals surface area contributed by atoms with Crippen LogP contribution in [-0.4, -0.2) is 36.2 Å². The third kappa shape index (κ3) is 2.78. The molecule has 0 aliphatic carbocycles. The molecule has 1 aliphatic heterocycles. The number of ketones is 1. The molecule has 0 radical (unpaired) electrons. The van der Waals surface area contributed by atoms with Crippen LogP contribution in [0.2, 0.25) is 0 Å². The summed E-state index contributed by atoms with van der Waals surface area (Å²) < 4.78 is 4.81. The van der Waals surface area contributed by atoms with Crippen LogP contribution < -0.4 is 0 Å². The fraction of sp³-hybridized carbons (Fsp3) is 0.167. The summed E-state index contributed by atoms with van der Waals surface area (Å²) >= 11 is 0. The van der Waals surface area contributed by atoms with Crippen molar-refractivity contribution in [2.24, 2.45) is 0 Å². The number of amides is 2. The molecule has 2 amide bonds. The number of carbonyl (C=O) groups excluding carboxylic acids is 3. The Bertz CT molecular complexity index is 745. The summed E-state index contributed by atoms with van der Waals surface area (Å²) in [6.07, 6.45) is 0. The number of hydrogen-bond acceptors (Lipinski definition) is 4. The molecule has 5 heteroatoms. The lowest BCUT2D eigenvalue weighted by atomic mass is 10.1. The van der Waals surface area contributed by atoms with Crippen LogP contribution in [0.4, 0.5) is 0 Å². The van der Waals surface area contributed by atoms with Crippen molar-refractivity contribution in [1.29, 1.82) is 0 Å². The molecule has 0 atom stereocenters.